The van der Waals surface area contributed by atoms with Gasteiger partial charge >= 0.3 is 18.0 Å². The normalized spacial score (nSPS) is 17.9. The number of rotatable bonds is 8. The zero-order valence-corrected chi connectivity index (χ0v) is 24.4. The molecular weight excluding hydrogens is 571 g/mol. The van der Waals surface area contributed by atoms with Crippen molar-refractivity contribution in [2.75, 3.05) is 10.6 Å². The van der Waals surface area contributed by atoms with Gasteiger partial charge in [0, 0.05) is 16.9 Å². The number of nitrogens with two attached hydrogens (primary N) is 1. The van der Waals surface area contributed by atoms with Crippen LogP contribution in [0.3, 0.4) is 0 Å². The molecule has 11 nitrogen and oxygen atoms in total. The van der Waals surface area contributed by atoms with Crippen LogP contribution in [0.5, 0.6) is 0 Å². The van der Waals surface area contributed by atoms with E-state index >= 15 is 4.39 Å². The zero-order valence-electron chi connectivity index (χ0n) is 24.4. The van der Waals surface area contributed by atoms with Crippen LogP contribution in [0.15, 0.2) is 72.8 Å². The molecule has 0 aliphatic carbocycles. The summed E-state index contributed by atoms with van der Waals surface area (Å²) in [6.45, 7) is 4.93. The molecule has 12 heteroatoms. The molecule has 1 fully saturated rings. The van der Waals surface area contributed by atoms with Gasteiger partial charge in [-0.15, -0.1) is 0 Å². The highest BCUT2D eigenvalue weighted by Gasteiger charge is 2.52. The third-order valence-corrected chi connectivity index (χ3v) is 7.05. The molecule has 3 aromatic carbocycles. The van der Waals surface area contributed by atoms with Crippen molar-refractivity contribution in [3.63, 3.8) is 0 Å². The van der Waals surface area contributed by atoms with E-state index in [1.807, 2.05) is 0 Å². The van der Waals surface area contributed by atoms with E-state index in [1.165, 1.54) is 36.4 Å². The standard InChI is InChI=1S/C32H33FN4O7/c1-32(2,3)44-30(42)25-16-22(28(39)35-18-10-5-4-6-11-18)27(20-12-7-8-14-23(20)33)37(25)26(38)17-21-19(29(40)41)13-9-15-24(21)36-31(34)43/h4-15,22,25,27H,16-17H2,1-3H3,(H,35,39)(H,40,41)(H3,34,36,43). The van der Waals surface area contributed by atoms with E-state index in [0.717, 1.165) is 4.90 Å². The Morgan fingerprint density at radius 1 is 0.955 bits per heavy atom. The highest BCUT2D eigenvalue weighted by atomic mass is 19.1. The van der Waals surface area contributed by atoms with Gasteiger partial charge in [-0.1, -0.05) is 42.5 Å². The number of halogens is 1. The first-order valence-corrected chi connectivity index (χ1v) is 13.8. The number of carboxylic acids is 1. The lowest BCUT2D eigenvalue weighted by Crippen LogP contribution is -2.45. The van der Waals surface area contributed by atoms with E-state index in [2.05, 4.69) is 10.6 Å². The maximum absolute atomic E-state index is 15.4. The van der Waals surface area contributed by atoms with Gasteiger partial charge in [-0.3, -0.25) is 9.59 Å². The molecule has 0 radical (unpaired) electrons. The zero-order chi connectivity index (χ0) is 32.2. The average Bonchev–Trinajstić information content (AvgIpc) is 3.34. The summed E-state index contributed by atoms with van der Waals surface area (Å²) < 4.78 is 21.0. The number of hydrogen-bond acceptors (Lipinski definition) is 6. The summed E-state index contributed by atoms with van der Waals surface area (Å²) in [6, 6.07) is 14.5. The predicted octanol–water partition coefficient (Wildman–Crippen LogP) is 4.50. The molecule has 0 spiro atoms. The number of esters is 1. The quantitative estimate of drug-likeness (QED) is 0.275. The summed E-state index contributed by atoms with van der Waals surface area (Å²) in [5.41, 5.74) is 4.36. The smallest absolute Gasteiger partial charge is 0.336 e. The van der Waals surface area contributed by atoms with Gasteiger partial charge in [-0.25, -0.2) is 18.8 Å². The summed E-state index contributed by atoms with van der Waals surface area (Å²) in [5, 5.41) is 15.0. The van der Waals surface area contributed by atoms with Gasteiger partial charge in [-0.2, -0.15) is 0 Å². The second-order valence-electron chi connectivity index (χ2n) is 11.3. The number of nitrogens with one attached hydrogen (secondary N) is 2. The Hall–Kier alpha value is -5.26. The van der Waals surface area contributed by atoms with E-state index in [0.29, 0.717) is 5.69 Å². The number of benzene rings is 3. The van der Waals surface area contributed by atoms with Crippen molar-refractivity contribution >= 4 is 41.2 Å². The van der Waals surface area contributed by atoms with Crippen molar-refractivity contribution in [2.24, 2.45) is 11.7 Å². The van der Waals surface area contributed by atoms with E-state index < -0.39 is 65.6 Å². The van der Waals surface area contributed by atoms with Crippen molar-refractivity contribution in [2.45, 2.75) is 51.3 Å². The Balaban J connectivity index is 1.84. The van der Waals surface area contributed by atoms with Crippen LogP contribution in [-0.4, -0.2) is 51.4 Å². The molecule has 44 heavy (non-hydrogen) atoms. The van der Waals surface area contributed by atoms with Gasteiger partial charge in [0.05, 0.1) is 23.9 Å². The molecule has 5 N–H and O–H groups in total. The molecular formula is C32H33FN4O7. The molecule has 3 atom stereocenters. The number of anilines is 2. The summed E-state index contributed by atoms with van der Waals surface area (Å²) in [7, 11) is 0. The Morgan fingerprint density at radius 3 is 2.23 bits per heavy atom. The van der Waals surface area contributed by atoms with Crippen molar-refractivity contribution in [3.05, 3.63) is 95.3 Å². The number of urea groups is 1. The Morgan fingerprint density at radius 2 is 1.61 bits per heavy atom. The Labute approximate surface area is 253 Å². The molecule has 1 aliphatic rings. The van der Waals surface area contributed by atoms with Gasteiger partial charge < -0.3 is 31.1 Å². The van der Waals surface area contributed by atoms with Crippen LogP contribution >= 0.6 is 0 Å². The van der Waals surface area contributed by atoms with Crippen molar-refractivity contribution in [1.29, 1.82) is 0 Å². The number of amides is 4. The number of primary amides is 1. The second kappa shape index (κ2) is 12.9. The summed E-state index contributed by atoms with van der Waals surface area (Å²) in [4.78, 5) is 66.5. The number of aromatic carboxylic acids is 1. The van der Waals surface area contributed by atoms with Crippen LogP contribution < -0.4 is 16.4 Å². The number of carboxylic acid groups (broad SMARTS) is 1. The van der Waals surface area contributed by atoms with Crippen LogP contribution in [0.4, 0.5) is 20.6 Å². The molecule has 0 saturated carbocycles. The number of carbonyl (C=O) groups excluding carboxylic acids is 4. The Bertz CT molecular complexity index is 1590. The number of ether oxygens (including phenoxy) is 1. The summed E-state index contributed by atoms with van der Waals surface area (Å²) in [5.74, 6) is -5.37. The van der Waals surface area contributed by atoms with Gasteiger partial charge in [-0.05, 0) is 63.1 Å². The molecule has 3 aromatic rings. The third kappa shape index (κ3) is 7.20. The molecule has 0 aromatic heterocycles. The van der Waals surface area contributed by atoms with Crippen LogP contribution in [0, 0.1) is 11.7 Å². The summed E-state index contributed by atoms with van der Waals surface area (Å²) >= 11 is 0. The Kier molecular flexibility index (Phi) is 9.32. The number of carbonyl (C=O) groups is 5. The van der Waals surface area contributed by atoms with E-state index in [1.54, 1.807) is 57.2 Å². The lowest BCUT2D eigenvalue weighted by atomic mass is 9.91. The van der Waals surface area contributed by atoms with Crippen LogP contribution in [0.1, 0.15) is 54.7 Å². The first-order chi connectivity index (χ1) is 20.8. The fourth-order valence-corrected chi connectivity index (χ4v) is 5.34. The van der Waals surface area contributed by atoms with Gasteiger partial charge in [0.15, 0.2) is 0 Å². The molecule has 4 amide bonds. The lowest BCUT2D eigenvalue weighted by molar-refractivity contribution is -0.164. The monoisotopic (exact) mass is 604 g/mol. The maximum atomic E-state index is 15.4. The van der Waals surface area contributed by atoms with Gasteiger partial charge in [0.1, 0.15) is 17.5 Å². The number of hydrogen-bond donors (Lipinski definition) is 4. The highest BCUT2D eigenvalue weighted by Crippen LogP contribution is 2.44. The summed E-state index contributed by atoms with van der Waals surface area (Å²) in [6.07, 6.45) is -0.833. The minimum absolute atomic E-state index is 0.0119. The minimum atomic E-state index is -1.38. The largest absolute Gasteiger partial charge is 0.478 e. The van der Waals surface area contributed by atoms with E-state index in [4.69, 9.17) is 10.5 Å². The molecule has 3 unspecified atom stereocenters. The average molecular weight is 605 g/mol. The molecule has 1 saturated heterocycles. The third-order valence-electron chi connectivity index (χ3n) is 7.05. The van der Waals surface area contributed by atoms with Crippen molar-refractivity contribution < 1.29 is 38.2 Å². The molecule has 230 valence electrons. The highest BCUT2D eigenvalue weighted by molar-refractivity contribution is 5.99. The first kappa shape index (κ1) is 31.7. The van der Waals surface area contributed by atoms with Gasteiger partial charge in [0.25, 0.3) is 0 Å². The van der Waals surface area contributed by atoms with Gasteiger partial charge in [0.2, 0.25) is 11.8 Å². The lowest BCUT2D eigenvalue weighted by Gasteiger charge is -2.33. The number of nitrogens with zero attached hydrogens (tertiary/aromatic N) is 1. The van der Waals surface area contributed by atoms with Crippen LogP contribution in [0.2, 0.25) is 0 Å². The van der Waals surface area contributed by atoms with E-state index in [-0.39, 0.29) is 28.8 Å². The maximum Gasteiger partial charge on any atom is 0.336 e. The van der Waals surface area contributed by atoms with Crippen LogP contribution in [-0.2, 0) is 25.5 Å². The topological polar surface area (TPSA) is 168 Å². The van der Waals surface area contributed by atoms with E-state index in [9.17, 15) is 29.1 Å². The minimum Gasteiger partial charge on any atom is -0.478 e. The number of para-hydroxylation sites is 1. The molecule has 1 aliphatic heterocycles. The second-order valence-corrected chi connectivity index (χ2v) is 11.3. The fraction of sp³-hybridized carbons (Fsp3) is 0.281. The SMILES string of the molecule is CC(C)(C)OC(=O)C1CC(C(=O)Nc2ccccc2)C(c2ccccc2F)N1C(=O)Cc1c(NC(N)=O)cccc1C(=O)O. The fourth-order valence-electron chi connectivity index (χ4n) is 5.34. The van der Waals surface area contributed by atoms with Crippen molar-refractivity contribution in [1.82, 2.24) is 4.90 Å². The first-order valence-electron chi connectivity index (χ1n) is 13.8. The molecule has 1 heterocycles. The molecule has 0 bridgehead atoms. The predicted molar refractivity (Wildman–Crippen MR) is 159 cm³/mol. The number of likely N-dealkylation sites (tertiary alicyclic amines) is 1. The van der Waals surface area contributed by atoms with Crippen molar-refractivity contribution in [3.8, 4) is 0 Å². The molecule has 4 rings (SSSR count). The van der Waals surface area contributed by atoms with Crippen LogP contribution in [0.25, 0.3) is 0 Å².